The fourth-order valence-electron chi connectivity index (χ4n) is 2.79. The van der Waals surface area contributed by atoms with Crippen LogP contribution in [-0.4, -0.2) is 36.5 Å². The summed E-state index contributed by atoms with van der Waals surface area (Å²) in [5.41, 5.74) is -0.297. The summed E-state index contributed by atoms with van der Waals surface area (Å²) in [5.74, 6) is -0.102. The quantitative estimate of drug-likeness (QED) is 0.906. The Bertz CT molecular complexity index is 510. The van der Waals surface area contributed by atoms with Crippen molar-refractivity contribution in [1.82, 2.24) is 10.2 Å². The second-order valence-electron chi connectivity index (χ2n) is 5.61. The van der Waals surface area contributed by atoms with Crippen molar-refractivity contribution in [3.63, 3.8) is 0 Å². The number of rotatable bonds is 5. The first-order chi connectivity index (χ1) is 10.4. The molecule has 122 valence electrons. The number of alkyl halides is 3. The van der Waals surface area contributed by atoms with Crippen molar-refractivity contribution < 1.29 is 18.0 Å². The molecule has 1 fully saturated rings. The minimum absolute atomic E-state index is 0.0143. The Kier molecular flexibility index (Phi) is 5.45. The van der Waals surface area contributed by atoms with E-state index in [4.69, 9.17) is 0 Å². The number of nitrogens with one attached hydrogen (secondary N) is 1. The lowest BCUT2D eigenvalue weighted by atomic mass is 10.1. The van der Waals surface area contributed by atoms with E-state index in [0.29, 0.717) is 12.1 Å². The first-order valence-electron chi connectivity index (χ1n) is 7.58. The van der Waals surface area contributed by atoms with Gasteiger partial charge in [0.2, 0.25) is 5.91 Å². The highest BCUT2D eigenvalue weighted by Gasteiger charge is 2.31. The van der Waals surface area contributed by atoms with Gasteiger partial charge >= 0.3 is 6.18 Å². The predicted molar refractivity (Wildman–Crippen MR) is 78.4 cm³/mol. The van der Waals surface area contributed by atoms with E-state index in [1.807, 2.05) is 6.92 Å². The van der Waals surface area contributed by atoms with Gasteiger partial charge in [-0.05, 0) is 31.0 Å². The Morgan fingerprint density at radius 3 is 2.77 bits per heavy atom. The molecule has 0 radical (unpaired) electrons. The van der Waals surface area contributed by atoms with Crippen LogP contribution in [0.2, 0.25) is 0 Å². The smallest absolute Gasteiger partial charge is 0.338 e. The Morgan fingerprint density at radius 2 is 2.18 bits per heavy atom. The minimum atomic E-state index is -4.38. The molecule has 1 N–H and O–H groups in total. The average Bonchev–Trinajstić information content (AvgIpc) is 2.98. The first-order valence-corrected chi connectivity index (χ1v) is 7.58. The van der Waals surface area contributed by atoms with Gasteiger partial charge in [-0.3, -0.25) is 4.79 Å². The summed E-state index contributed by atoms with van der Waals surface area (Å²) in [6, 6.07) is 5.17. The molecule has 1 saturated heterocycles. The molecule has 1 atom stereocenters. The Morgan fingerprint density at radius 1 is 1.41 bits per heavy atom. The maximum Gasteiger partial charge on any atom is 0.416 e. The van der Waals surface area contributed by atoms with Gasteiger partial charge in [0.25, 0.3) is 0 Å². The summed E-state index contributed by atoms with van der Waals surface area (Å²) in [4.78, 5) is 14.3. The predicted octanol–water partition coefficient (Wildman–Crippen LogP) is 2.85. The Balaban J connectivity index is 2.09. The fraction of sp³-hybridized carbons (Fsp3) is 0.562. The molecule has 1 aliphatic rings. The number of carbonyl (C=O) groups is 1. The van der Waals surface area contributed by atoms with Crippen LogP contribution in [0.1, 0.15) is 30.9 Å². The zero-order valence-corrected chi connectivity index (χ0v) is 12.6. The molecule has 22 heavy (non-hydrogen) atoms. The molecule has 0 aliphatic carbocycles. The van der Waals surface area contributed by atoms with Gasteiger partial charge in [0, 0.05) is 19.1 Å². The molecule has 0 aromatic heterocycles. The Hall–Kier alpha value is -1.56. The van der Waals surface area contributed by atoms with Crippen LogP contribution < -0.4 is 5.32 Å². The molecule has 0 saturated carbocycles. The van der Waals surface area contributed by atoms with E-state index in [1.165, 1.54) is 6.07 Å². The number of amides is 1. The number of benzene rings is 1. The van der Waals surface area contributed by atoms with Crippen molar-refractivity contribution in [2.45, 2.75) is 38.4 Å². The zero-order chi connectivity index (χ0) is 16.2. The highest BCUT2D eigenvalue weighted by Crippen LogP contribution is 2.29. The van der Waals surface area contributed by atoms with E-state index in [9.17, 15) is 18.0 Å². The molecule has 1 aliphatic heterocycles. The number of halogens is 3. The normalized spacial score (nSPS) is 18.5. The van der Waals surface area contributed by atoms with Crippen LogP contribution in [0.4, 0.5) is 13.2 Å². The largest absolute Gasteiger partial charge is 0.416 e. The van der Waals surface area contributed by atoms with E-state index in [1.54, 1.807) is 11.0 Å². The van der Waals surface area contributed by atoms with Crippen molar-refractivity contribution in [2.24, 2.45) is 0 Å². The lowest BCUT2D eigenvalue weighted by Crippen LogP contribution is -2.42. The molecular formula is C16H21F3N2O. The molecule has 0 spiro atoms. The summed E-state index contributed by atoms with van der Waals surface area (Å²) in [7, 11) is 0. The van der Waals surface area contributed by atoms with Crippen LogP contribution >= 0.6 is 0 Å². The van der Waals surface area contributed by atoms with Gasteiger partial charge in [0.1, 0.15) is 0 Å². The number of carbonyl (C=O) groups excluding carboxylic acids is 1. The average molecular weight is 314 g/mol. The van der Waals surface area contributed by atoms with Crippen LogP contribution in [0, 0.1) is 0 Å². The van der Waals surface area contributed by atoms with Gasteiger partial charge in [-0.25, -0.2) is 0 Å². The molecule has 3 nitrogen and oxygen atoms in total. The highest BCUT2D eigenvalue weighted by molar-refractivity contribution is 5.79. The Labute approximate surface area is 128 Å². The number of hydrogen-bond acceptors (Lipinski definition) is 2. The monoisotopic (exact) mass is 314 g/mol. The third kappa shape index (κ3) is 4.22. The third-order valence-electron chi connectivity index (χ3n) is 3.87. The summed E-state index contributed by atoms with van der Waals surface area (Å²) in [6.07, 6.45) is -2.63. The summed E-state index contributed by atoms with van der Waals surface area (Å²) >= 11 is 0. The lowest BCUT2D eigenvalue weighted by molar-refractivity contribution is -0.138. The van der Waals surface area contributed by atoms with Gasteiger partial charge in [-0.2, -0.15) is 13.2 Å². The molecule has 0 bridgehead atoms. The van der Waals surface area contributed by atoms with Crippen LogP contribution in [0.25, 0.3) is 0 Å². The molecule has 1 aromatic rings. The van der Waals surface area contributed by atoms with E-state index >= 15 is 0 Å². The van der Waals surface area contributed by atoms with E-state index < -0.39 is 11.7 Å². The van der Waals surface area contributed by atoms with Gasteiger partial charge in [0.05, 0.1) is 12.0 Å². The molecule has 1 amide bonds. The third-order valence-corrected chi connectivity index (χ3v) is 3.87. The molecule has 6 heteroatoms. The van der Waals surface area contributed by atoms with Gasteiger partial charge < -0.3 is 10.2 Å². The fourth-order valence-corrected chi connectivity index (χ4v) is 2.79. The first kappa shape index (κ1) is 16.8. The molecular weight excluding hydrogens is 293 g/mol. The minimum Gasteiger partial charge on any atom is -0.338 e. The molecule has 2 rings (SSSR count). The second-order valence-corrected chi connectivity index (χ2v) is 5.61. The standard InChI is InChI=1S/C16H21F3N2O/c1-2-8-21(14-6-7-20-11-14)15(22)10-12-4-3-5-13(9-12)16(17,18)19/h3-5,9,14,20H,2,6-8,10-11H2,1H3. The highest BCUT2D eigenvalue weighted by atomic mass is 19.4. The van der Waals surface area contributed by atoms with E-state index in [0.717, 1.165) is 38.1 Å². The van der Waals surface area contributed by atoms with Crippen LogP contribution in [-0.2, 0) is 17.4 Å². The van der Waals surface area contributed by atoms with E-state index in [-0.39, 0.29) is 18.4 Å². The van der Waals surface area contributed by atoms with Gasteiger partial charge in [-0.1, -0.05) is 25.1 Å². The summed E-state index contributed by atoms with van der Waals surface area (Å²) in [6.45, 7) is 4.27. The van der Waals surface area contributed by atoms with Crippen molar-refractivity contribution in [1.29, 1.82) is 0 Å². The molecule has 1 heterocycles. The maximum absolute atomic E-state index is 12.7. The SMILES string of the molecule is CCCN(C(=O)Cc1cccc(C(F)(F)F)c1)C1CCNC1. The van der Waals surface area contributed by atoms with Crippen LogP contribution in [0.3, 0.4) is 0 Å². The maximum atomic E-state index is 12.7. The van der Waals surface area contributed by atoms with Gasteiger partial charge in [-0.15, -0.1) is 0 Å². The summed E-state index contributed by atoms with van der Waals surface area (Å²) < 4.78 is 38.2. The topological polar surface area (TPSA) is 32.3 Å². The molecule has 1 unspecified atom stereocenters. The van der Waals surface area contributed by atoms with Crippen molar-refractivity contribution in [3.05, 3.63) is 35.4 Å². The van der Waals surface area contributed by atoms with Gasteiger partial charge in [0.15, 0.2) is 0 Å². The zero-order valence-electron chi connectivity index (χ0n) is 12.6. The van der Waals surface area contributed by atoms with Crippen LogP contribution in [0.15, 0.2) is 24.3 Å². The van der Waals surface area contributed by atoms with Crippen molar-refractivity contribution in [2.75, 3.05) is 19.6 Å². The summed E-state index contributed by atoms with van der Waals surface area (Å²) in [5, 5.41) is 3.22. The van der Waals surface area contributed by atoms with Crippen LogP contribution in [0.5, 0.6) is 0 Å². The number of nitrogens with zero attached hydrogens (tertiary/aromatic N) is 1. The second kappa shape index (κ2) is 7.13. The number of hydrogen-bond donors (Lipinski definition) is 1. The van der Waals surface area contributed by atoms with Crippen molar-refractivity contribution in [3.8, 4) is 0 Å². The molecule has 1 aromatic carbocycles. The van der Waals surface area contributed by atoms with E-state index in [2.05, 4.69) is 5.32 Å². The lowest BCUT2D eigenvalue weighted by Gasteiger charge is -2.28. The van der Waals surface area contributed by atoms with Crippen molar-refractivity contribution >= 4 is 5.91 Å².